The zero-order chi connectivity index (χ0) is 24.0. The van der Waals surface area contributed by atoms with Gasteiger partial charge < -0.3 is 0 Å². The van der Waals surface area contributed by atoms with Gasteiger partial charge in [0.15, 0.2) is 0 Å². The SMILES string of the molecule is C[C@H]1[C@H](C)CC[C@]2(C)CC[C@]3(C)C(=CC[C@@H]4[C@@]5(C)C(=O)CC[C@](C)(N=C=O)[C@@H]5CC[C@]43C)[C@H]12. The Hall–Kier alpha value is -1.21. The van der Waals surface area contributed by atoms with Gasteiger partial charge in [0, 0.05) is 11.8 Å². The Labute approximate surface area is 201 Å². The predicted molar refractivity (Wildman–Crippen MR) is 132 cm³/mol. The Morgan fingerprint density at radius 1 is 0.939 bits per heavy atom. The summed E-state index contributed by atoms with van der Waals surface area (Å²) in [5, 5.41) is 0. The number of fused-ring (bicyclic) bond motifs is 7. The van der Waals surface area contributed by atoms with Crippen molar-refractivity contribution in [3.05, 3.63) is 11.6 Å². The van der Waals surface area contributed by atoms with Gasteiger partial charge in [0.2, 0.25) is 6.08 Å². The zero-order valence-electron chi connectivity index (χ0n) is 22.1. The molecule has 5 aliphatic carbocycles. The van der Waals surface area contributed by atoms with Gasteiger partial charge in [-0.25, -0.2) is 4.79 Å². The van der Waals surface area contributed by atoms with Crippen LogP contribution in [0.5, 0.6) is 0 Å². The maximum atomic E-state index is 13.7. The number of Topliss-reactive ketones (excluding diaryl/α,β-unsaturated/α-hetero) is 1. The van der Waals surface area contributed by atoms with Crippen LogP contribution in [0.3, 0.4) is 0 Å². The molecular weight excluding hydrogens is 406 g/mol. The molecule has 0 aromatic carbocycles. The van der Waals surface area contributed by atoms with Crippen molar-refractivity contribution in [2.75, 3.05) is 0 Å². The molecule has 3 nitrogen and oxygen atoms in total. The summed E-state index contributed by atoms with van der Waals surface area (Å²) in [5.74, 6) is 3.08. The summed E-state index contributed by atoms with van der Waals surface area (Å²) in [7, 11) is 0. The average molecular weight is 452 g/mol. The lowest BCUT2D eigenvalue weighted by atomic mass is 9.34. The average Bonchev–Trinajstić information content (AvgIpc) is 2.75. The molecule has 3 heteroatoms. The lowest BCUT2D eigenvalue weighted by Gasteiger charge is -2.70. The second kappa shape index (κ2) is 7.16. The standard InChI is InChI=1S/C30H45NO2/c1-19-10-13-26(3)16-17-27(4)21(25(26)20(19)2)8-9-22-28(27,5)14-11-23-29(6,31-18-32)15-12-24(33)30(22,23)7/h8,19-20,22-23,25H,9-17H2,1-7H3/t19-,20+,22+,23+,25+,26-,27-,28-,29+,30-/m1/s1. The third-order valence-electron chi connectivity index (χ3n) is 13.0. The largest absolute Gasteiger partial charge is 0.299 e. The Bertz CT molecular complexity index is 947. The number of ketones is 1. The molecule has 5 aliphatic rings. The summed E-state index contributed by atoms with van der Waals surface area (Å²) in [6.45, 7) is 17.0. The molecule has 0 unspecified atom stereocenters. The molecule has 0 spiro atoms. The monoisotopic (exact) mass is 451 g/mol. The lowest BCUT2D eigenvalue weighted by Crippen LogP contribution is -2.66. The molecule has 0 radical (unpaired) electrons. The normalized spacial score (nSPS) is 55.8. The topological polar surface area (TPSA) is 46.5 Å². The van der Waals surface area contributed by atoms with Crippen LogP contribution in [0.15, 0.2) is 16.6 Å². The predicted octanol–water partition coefficient (Wildman–Crippen LogP) is 7.30. The Morgan fingerprint density at radius 2 is 1.67 bits per heavy atom. The molecule has 0 bridgehead atoms. The maximum Gasteiger partial charge on any atom is 0.235 e. The van der Waals surface area contributed by atoms with Gasteiger partial charge in [-0.1, -0.05) is 53.2 Å². The van der Waals surface area contributed by atoms with E-state index in [1.165, 1.54) is 25.7 Å². The van der Waals surface area contributed by atoms with Crippen LogP contribution in [0.25, 0.3) is 0 Å². The highest BCUT2D eigenvalue weighted by Gasteiger charge is 2.69. The van der Waals surface area contributed by atoms with Crippen LogP contribution in [0.2, 0.25) is 0 Å². The molecule has 4 fully saturated rings. The minimum absolute atomic E-state index is 0.114. The van der Waals surface area contributed by atoms with Crippen molar-refractivity contribution in [3.63, 3.8) is 0 Å². The van der Waals surface area contributed by atoms with E-state index in [1.54, 1.807) is 5.57 Å². The van der Waals surface area contributed by atoms with Crippen molar-refractivity contribution in [3.8, 4) is 0 Å². The molecule has 0 aromatic heterocycles. The molecule has 0 saturated heterocycles. The number of aliphatic imine (C=N–C) groups is 1. The highest BCUT2D eigenvalue weighted by atomic mass is 16.1. The van der Waals surface area contributed by atoms with E-state index in [1.807, 2.05) is 6.08 Å². The van der Waals surface area contributed by atoms with Crippen molar-refractivity contribution >= 4 is 11.9 Å². The zero-order valence-corrected chi connectivity index (χ0v) is 22.1. The second-order valence-electron chi connectivity index (χ2n) is 14.1. The van der Waals surface area contributed by atoms with E-state index in [0.717, 1.165) is 31.1 Å². The fraction of sp³-hybridized carbons (Fsp3) is 0.867. The van der Waals surface area contributed by atoms with Gasteiger partial charge >= 0.3 is 0 Å². The van der Waals surface area contributed by atoms with Crippen LogP contribution < -0.4 is 0 Å². The van der Waals surface area contributed by atoms with E-state index in [-0.39, 0.29) is 16.7 Å². The van der Waals surface area contributed by atoms with Gasteiger partial charge in [-0.05, 0) is 104 Å². The molecule has 0 heterocycles. The molecular formula is C30H45NO2. The Balaban J connectivity index is 1.62. The summed E-state index contributed by atoms with van der Waals surface area (Å²) in [5.41, 5.74) is 1.59. The molecule has 0 aliphatic heterocycles. The number of nitrogens with zero attached hydrogens (tertiary/aromatic N) is 1. The van der Waals surface area contributed by atoms with Crippen molar-refractivity contribution < 1.29 is 9.59 Å². The summed E-state index contributed by atoms with van der Waals surface area (Å²) < 4.78 is 0. The number of hydrogen-bond acceptors (Lipinski definition) is 3. The molecule has 0 N–H and O–H groups in total. The smallest absolute Gasteiger partial charge is 0.235 e. The van der Waals surface area contributed by atoms with Crippen molar-refractivity contribution in [1.82, 2.24) is 0 Å². The van der Waals surface area contributed by atoms with Gasteiger partial charge in [0.05, 0.1) is 5.54 Å². The van der Waals surface area contributed by atoms with Gasteiger partial charge in [-0.15, -0.1) is 0 Å². The van der Waals surface area contributed by atoms with Crippen LogP contribution >= 0.6 is 0 Å². The lowest BCUT2D eigenvalue weighted by molar-refractivity contribution is -0.179. The van der Waals surface area contributed by atoms with Gasteiger partial charge in [-0.3, -0.25) is 4.79 Å². The molecule has 0 aromatic rings. The van der Waals surface area contributed by atoms with E-state index in [4.69, 9.17) is 0 Å². The fourth-order valence-corrected chi connectivity index (χ4v) is 10.5. The molecule has 33 heavy (non-hydrogen) atoms. The highest BCUT2D eigenvalue weighted by molar-refractivity contribution is 5.87. The minimum atomic E-state index is -0.449. The van der Waals surface area contributed by atoms with Gasteiger partial charge in [0.25, 0.3) is 0 Å². The first-order valence-corrected chi connectivity index (χ1v) is 13.7. The van der Waals surface area contributed by atoms with Crippen LogP contribution in [0.4, 0.5) is 0 Å². The summed E-state index contributed by atoms with van der Waals surface area (Å²) in [6, 6.07) is 0. The minimum Gasteiger partial charge on any atom is -0.299 e. The molecule has 5 rings (SSSR count). The maximum absolute atomic E-state index is 13.7. The first-order chi connectivity index (χ1) is 15.4. The van der Waals surface area contributed by atoms with E-state index < -0.39 is 11.0 Å². The second-order valence-corrected chi connectivity index (χ2v) is 14.1. The number of isocyanates is 1. The number of allylic oxidation sites excluding steroid dienone is 2. The number of carbonyl (C=O) groups is 1. The third-order valence-corrected chi connectivity index (χ3v) is 13.0. The third kappa shape index (κ3) is 2.78. The van der Waals surface area contributed by atoms with Crippen LogP contribution in [-0.2, 0) is 9.59 Å². The van der Waals surface area contributed by atoms with E-state index >= 15 is 0 Å². The van der Waals surface area contributed by atoms with Gasteiger partial charge in [0.1, 0.15) is 5.78 Å². The van der Waals surface area contributed by atoms with E-state index in [0.29, 0.717) is 35.9 Å². The number of hydrogen-bond donors (Lipinski definition) is 0. The highest BCUT2D eigenvalue weighted by Crippen LogP contribution is 2.74. The molecule has 0 amide bonds. The fourth-order valence-electron chi connectivity index (χ4n) is 10.5. The Kier molecular flexibility index (Phi) is 5.10. The van der Waals surface area contributed by atoms with Crippen molar-refractivity contribution in [1.29, 1.82) is 0 Å². The Morgan fingerprint density at radius 3 is 2.36 bits per heavy atom. The van der Waals surface area contributed by atoms with Gasteiger partial charge in [-0.2, -0.15) is 4.99 Å². The molecule has 4 saturated carbocycles. The van der Waals surface area contributed by atoms with Crippen LogP contribution in [0, 0.1) is 51.2 Å². The first kappa shape index (κ1) is 23.5. The summed E-state index contributed by atoms with van der Waals surface area (Å²) >= 11 is 0. The molecule has 182 valence electrons. The summed E-state index contributed by atoms with van der Waals surface area (Å²) in [6.07, 6.45) is 14.2. The van der Waals surface area contributed by atoms with E-state index in [2.05, 4.69) is 59.5 Å². The quantitative estimate of drug-likeness (QED) is 0.238. The van der Waals surface area contributed by atoms with Crippen LogP contribution in [0.1, 0.15) is 106 Å². The van der Waals surface area contributed by atoms with E-state index in [9.17, 15) is 9.59 Å². The van der Waals surface area contributed by atoms with Crippen molar-refractivity contribution in [2.45, 2.75) is 112 Å². The molecule has 10 atom stereocenters. The number of rotatable bonds is 1. The summed E-state index contributed by atoms with van der Waals surface area (Å²) in [4.78, 5) is 29.4. The first-order valence-electron chi connectivity index (χ1n) is 13.7. The number of carbonyl (C=O) groups excluding carboxylic acids is 2. The van der Waals surface area contributed by atoms with Crippen molar-refractivity contribution in [2.24, 2.45) is 56.2 Å². The van der Waals surface area contributed by atoms with Crippen LogP contribution in [-0.4, -0.2) is 17.4 Å².